The highest BCUT2D eigenvalue weighted by Crippen LogP contribution is 2.28. The van der Waals surface area contributed by atoms with Gasteiger partial charge in [0.25, 0.3) is 11.8 Å². The first-order valence-corrected chi connectivity index (χ1v) is 11.1. The first kappa shape index (κ1) is 22.2. The second kappa shape index (κ2) is 8.97. The van der Waals surface area contributed by atoms with Crippen LogP contribution in [0, 0.1) is 17.1 Å². The van der Waals surface area contributed by atoms with E-state index in [0.29, 0.717) is 17.7 Å². The average molecular weight is 481 g/mol. The molecule has 170 valence electrons. The first-order chi connectivity index (χ1) is 17.0. The Labute approximate surface area is 205 Å². The molecule has 8 heteroatoms. The number of nitrogens with zero attached hydrogens (tertiary/aromatic N) is 3. The van der Waals surface area contributed by atoms with Gasteiger partial charge in [-0.05, 0) is 48.1 Å². The molecule has 0 atom stereocenters. The predicted molar refractivity (Wildman–Crippen MR) is 135 cm³/mol. The van der Waals surface area contributed by atoms with Crippen LogP contribution in [0.2, 0.25) is 0 Å². The SMILES string of the molecule is N#Cc1ccccc1Cn1cc(/C=C2\C(=O)NC(=S)N(c3ccccc3F)C2=O)c2ccccc21. The van der Waals surface area contributed by atoms with Gasteiger partial charge in [0, 0.05) is 29.2 Å². The van der Waals surface area contributed by atoms with Gasteiger partial charge >= 0.3 is 0 Å². The second-order valence-corrected chi connectivity index (χ2v) is 8.29. The van der Waals surface area contributed by atoms with Crippen LogP contribution < -0.4 is 10.2 Å². The molecule has 0 bridgehead atoms. The fraction of sp³-hybridized carbons (Fsp3) is 0.0370. The topological polar surface area (TPSA) is 78.1 Å². The van der Waals surface area contributed by atoms with Crippen LogP contribution in [-0.2, 0) is 16.1 Å². The number of benzene rings is 3. The van der Waals surface area contributed by atoms with Crippen molar-refractivity contribution < 1.29 is 14.0 Å². The van der Waals surface area contributed by atoms with Crippen molar-refractivity contribution in [2.45, 2.75) is 6.54 Å². The molecule has 2 heterocycles. The Morgan fingerprint density at radius 1 is 1.00 bits per heavy atom. The summed E-state index contributed by atoms with van der Waals surface area (Å²) in [7, 11) is 0. The fourth-order valence-corrected chi connectivity index (χ4v) is 4.41. The van der Waals surface area contributed by atoms with E-state index in [-0.39, 0.29) is 16.4 Å². The minimum Gasteiger partial charge on any atom is -0.342 e. The number of nitriles is 1. The lowest BCUT2D eigenvalue weighted by Gasteiger charge is -2.29. The molecule has 6 nitrogen and oxygen atoms in total. The number of anilines is 1. The minimum atomic E-state index is -0.712. The van der Waals surface area contributed by atoms with Gasteiger partial charge < -0.3 is 4.57 Å². The number of aromatic nitrogens is 1. The molecule has 3 aromatic carbocycles. The molecule has 0 saturated carbocycles. The van der Waals surface area contributed by atoms with Gasteiger partial charge in [-0.25, -0.2) is 9.29 Å². The van der Waals surface area contributed by atoms with Gasteiger partial charge in [-0.2, -0.15) is 5.26 Å². The molecule has 4 aromatic rings. The van der Waals surface area contributed by atoms with Crippen LogP contribution in [-0.4, -0.2) is 21.5 Å². The monoisotopic (exact) mass is 480 g/mol. The third-order valence-electron chi connectivity index (χ3n) is 5.79. The van der Waals surface area contributed by atoms with Crippen LogP contribution in [0.3, 0.4) is 0 Å². The Hall–Kier alpha value is -4.61. The maximum Gasteiger partial charge on any atom is 0.270 e. The summed E-state index contributed by atoms with van der Waals surface area (Å²) in [6.07, 6.45) is 3.31. The van der Waals surface area contributed by atoms with Crippen molar-refractivity contribution in [1.29, 1.82) is 5.26 Å². The summed E-state index contributed by atoms with van der Waals surface area (Å²) in [5.41, 5.74) is 2.72. The number of carbonyl (C=O) groups is 2. The molecular formula is C27H17FN4O2S. The van der Waals surface area contributed by atoms with E-state index in [1.165, 1.54) is 24.3 Å². The normalized spacial score (nSPS) is 14.9. The maximum absolute atomic E-state index is 14.4. The molecular weight excluding hydrogens is 463 g/mol. The van der Waals surface area contributed by atoms with Gasteiger partial charge in [0.15, 0.2) is 5.11 Å². The van der Waals surface area contributed by atoms with E-state index in [9.17, 15) is 19.2 Å². The van der Waals surface area contributed by atoms with E-state index < -0.39 is 17.6 Å². The van der Waals surface area contributed by atoms with E-state index >= 15 is 0 Å². The molecule has 2 amide bonds. The van der Waals surface area contributed by atoms with Gasteiger partial charge in [-0.3, -0.25) is 14.9 Å². The number of halogens is 1. The summed E-state index contributed by atoms with van der Waals surface area (Å²) in [4.78, 5) is 27.1. The number of hydrogen-bond donors (Lipinski definition) is 1. The van der Waals surface area contributed by atoms with Crippen molar-refractivity contribution in [3.05, 3.63) is 107 Å². The van der Waals surface area contributed by atoms with Gasteiger partial charge in [-0.15, -0.1) is 0 Å². The number of fused-ring (bicyclic) bond motifs is 1. The summed E-state index contributed by atoms with van der Waals surface area (Å²) >= 11 is 5.17. The third kappa shape index (κ3) is 3.98. The third-order valence-corrected chi connectivity index (χ3v) is 6.08. The average Bonchev–Trinajstić information content (AvgIpc) is 3.20. The van der Waals surface area contributed by atoms with Crippen LogP contribution in [0.5, 0.6) is 0 Å². The van der Waals surface area contributed by atoms with Crippen molar-refractivity contribution in [1.82, 2.24) is 9.88 Å². The molecule has 1 aliphatic rings. The van der Waals surface area contributed by atoms with Crippen LogP contribution in [0.25, 0.3) is 17.0 Å². The number of carbonyl (C=O) groups excluding carboxylic acids is 2. The predicted octanol–water partition coefficient (Wildman–Crippen LogP) is 4.53. The van der Waals surface area contributed by atoms with Crippen molar-refractivity contribution in [2.24, 2.45) is 0 Å². The summed E-state index contributed by atoms with van der Waals surface area (Å²) in [6, 6.07) is 22.8. The number of rotatable bonds is 4. The fourth-order valence-electron chi connectivity index (χ4n) is 4.14. The number of hydrogen-bond acceptors (Lipinski definition) is 4. The molecule has 0 unspecified atom stereocenters. The molecule has 1 aliphatic heterocycles. The Morgan fingerprint density at radius 3 is 2.51 bits per heavy atom. The second-order valence-electron chi connectivity index (χ2n) is 7.91. The lowest BCUT2D eigenvalue weighted by atomic mass is 10.1. The summed E-state index contributed by atoms with van der Waals surface area (Å²) in [6.45, 7) is 0.430. The van der Waals surface area contributed by atoms with Gasteiger partial charge in [0.05, 0.1) is 17.3 Å². The molecule has 35 heavy (non-hydrogen) atoms. The van der Waals surface area contributed by atoms with Crippen molar-refractivity contribution in [3.8, 4) is 6.07 Å². The molecule has 1 N–H and O–H groups in total. The molecule has 0 radical (unpaired) electrons. The number of para-hydroxylation sites is 2. The Kier molecular flexibility index (Phi) is 5.69. The highest BCUT2D eigenvalue weighted by atomic mass is 32.1. The Bertz CT molecular complexity index is 1600. The molecule has 1 aromatic heterocycles. The summed E-state index contributed by atoms with van der Waals surface area (Å²) in [5.74, 6) is -2.00. The largest absolute Gasteiger partial charge is 0.342 e. The number of amides is 2. The molecule has 0 spiro atoms. The zero-order chi connectivity index (χ0) is 24.5. The van der Waals surface area contributed by atoms with Gasteiger partial charge in [0.1, 0.15) is 11.4 Å². The molecule has 5 rings (SSSR count). The Balaban J connectivity index is 1.59. The highest BCUT2D eigenvalue weighted by Gasteiger charge is 2.35. The standard InChI is InChI=1S/C27H17FN4O2S/c28-22-10-4-6-12-24(22)32-26(34)21(25(33)30-27(32)35)13-19-16-31(23-11-5-3-9-20(19)23)15-18-8-2-1-7-17(18)14-29/h1-13,16H,15H2,(H,30,33,35)/b21-13+. The molecule has 1 fully saturated rings. The lowest BCUT2D eigenvalue weighted by molar-refractivity contribution is -0.122. The van der Waals surface area contributed by atoms with E-state index in [2.05, 4.69) is 11.4 Å². The number of nitrogens with one attached hydrogen (secondary N) is 1. The van der Waals surface area contributed by atoms with Crippen molar-refractivity contribution in [2.75, 3.05) is 4.90 Å². The van der Waals surface area contributed by atoms with E-state index in [0.717, 1.165) is 21.4 Å². The maximum atomic E-state index is 14.4. The molecule has 0 aliphatic carbocycles. The number of thiocarbonyl (C=S) groups is 1. The van der Waals surface area contributed by atoms with Crippen LogP contribution in [0.1, 0.15) is 16.7 Å². The van der Waals surface area contributed by atoms with Crippen LogP contribution in [0.15, 0.2) is 84.6 Å². The van der Waals surface area contributed by atoms with Crippen LogP contribution in [0.4, 0.5) is 10.1 Å². The molecule has 1 saturated heterocycles. The Morgan fingerprint density at radius 2 is 1.71 bits per heavy atom. The summed E-state index contributed by atoms with van der Waals surface area (Å²) < 4.78 is 16.4. The van der Waals surface area contributed by atoms with Gasteiger partial charge in [0.2, 0.25) is 0 Å². The lowest BCUT2D eigenvalue weighted by Crippen LogP contribution is -2.54. The smallest absolute Gasteiger partial charge is 0.270 e. The van der Waals surface area contributed by atoms with E-state index in [1.807, 2.05) is 53.2 Å². The van der Waals surface area contributed by atoms with E-state index in [4.69, 9.17) is 12.2 Å². The first-order valence-electron chi connectivity index (χ1n) is 10.7. The van der Waals surface area contributed by atoms with Gasteiger partial charge in [-0.1, -0.05) is 48.5 Å². The summed E-state index contributed by atoms with van der Waals surface area (Å²) in [5, 5.41) is 12.6. The van der Waals surface area contributed by atoms with Crippen molar-refractivity contribution in [3.63, 3.8) is 0 Å². The zero-order valence-electron chi connectivity index (χ0n) is 18.2. The quantitative estimate of drug-likeness (QED) is 0.264. The zero-order valence-corrected chi connectivity index (χ0v) is 19.1. The minimum absolute atomic E-state index is 0.0380. The van der Waals surface area contributed by atoms with Crippen LogP contribution >= 0.6 is 12.2 Å². The van der Waals surface area contributed by atoms with E-state index in [1.54, 1.807) is 12.1 Å². The van der Waals surface area contributed by atoms with Crippen molar-refractivity contribution >= 4 is 51.8 Å². The highest BCUT2D eigenvalue weighted by molar-refractivity contribution is 7.80.